The molecule has 0 unspecified atom stereocenters. The first-order chi connectivity index (χ1) is 13.5. The van der Waals surface area contributed by atoms with Gasteiger partial charge in [0.15, 0.2) is 0 Å². The van der Waals surface area contributed by atoms with Gasteiger partial charge in [-0.25, -0.2) is 0 Å². The van der Waals surface area contributed by atoms with Crippen molar-refractivity contribution in [3.8, 4) is 5.75 Å². The summed E-state index contributed by atoms with van der Waals surface area (Å²) < 4.78 is 29.5. The molecule has 0 saturated carbocycles. The second-order valence-electron chi connectivity index (χ2n) is 6.36. The van der Waals surface area contributed by atoms with E-state index in [0.29, 0.717) is 26.2 Å². The van der Waals surface area contributed by atoms with Crippen LogP contribution in [0.25, 0.3) is 0 Å². The van der Waals surface area contributed by atoms with Gasteiger partial charge in [0.1, 0.15) is 5.75 Å². The smallest absolute Gasteiger partial charge is 0.387 e. The molecular weight excluding hydrogens is 368 g/mol. The van der Waals surface area contributed by atoms with Crippen LogP contribution < -0.4 is 10.1 Å². The first-order valence-electron chi connectivity index (χ1n) is 8.93. The number of ether oxygens (including phenoxy) is 1. The van der Waals surface area contributed by atoms with E-state index in [0.717, 1.165) is 5.69 Å². The minimum absolute atomic E-state index is 0.109. The lowest BCUT2D eigenvalue weighted by Gasteiger charge is -2.34. The van der Waals surface area contributed by atoms with Crippen LogP contribution in [0.2, 0.25) is 0 Å². The van der Waals surface area contributed by atoms with Crippen molar-refractivity contribution in [3.63, 3.8) is 0 Å². The maximum absolute atomic E-state index is 12.7. The third-order valence-corrected chi connectivity index (χ3v) is 4.42. The molecule has 28 heavy (non-hydrogen) atoms. The first-order valence-corrected chi connectivity index (χ1v) is 8.93. The highest BCUT2D eigenvalue weighted by molar-refractivity contribution is 5.97. The van der Waals surface area contributed by atoms with E-state index in [1.165, 1.54) is 18.2 Å². The minimum Gasteiger partial charge on any atom is -0.434 e. The molecule has 1 aliphatic rings. The van der Waals surface area contributed by atoms with Crippen molar-refractivity contribution in [1.29, 1.82) is 0 Å². The molecular formula is C20H21F2N3O3. The summed E-state index contributed by atoms with van der Waals surface area (Å²) in [5.41, 5.74) is 0.843. The lowest BCUT2D eigenvalue weighted by Crippen LogP contribution is -2.50. The van der Waals surface area contributed by atoms with E-state index in [4.69, 9.17) is 0 Å². The fraction of sp³-hybridized carbons (Fsp3) is 0.300. The lowest BCUT2D eigenvalue weighted by molar-refractivity contribution is -0.117. The number of para-hydroxylation sites is 2. The van der Waals surface area contributed by atoms with Gasteiger partial charge in [0.05, 0.1) is 12.1 Å². The molecule has 148 valence electrons. The predicted octanol–water partition coefficient (Wildman–Crippen LogP) is 2.68. The van der Waals surface area contributed by atoms with Crippen molar-refractivity contribution in [3.05, 3.63) is 60.2 Å². The fourth-order valence-corrected chi connectivity index (χ4v) is 3.05. The maximum atomic E-state index is 12.7. The molecule has 0 radical (unpaired) electrons. The fourth-order valence-electron chi connectivity index (χ4n) is 3.05. The molecule has 8 heteroatoms. The number of amides is 2. The van der Waals surface area contributed by atoms with Crippen LogP contribution >= 0.6 is 0 Å². The molecule has 6 nitrogen and oxygen atoms in total. The van der Waals surface area contributed by atoms with Gasteiger partial charge in [0.2, 0.25) is 5.91 Å². The number of rotatable bonds is 6. The summed E-state index contributed by atoms with van der Waals surface area (Å²) >= 11 is 0. The third kappa shape index (κ3) is 5.26. The lowest BCUT2D eigenvalue weighted by atomic mass is 10.1. The van der Waals surface area contributed by atoms with Crippen LogP contribution in [0.3, 0.4) is 0 Å². The van der Waals surface area contributed by atoms with Crippen molar-refractivity contribution >= 4 is 17.5 Å². The van der Waals surface area contributed by atoms with E-state index in [9.17, 15) is 18.4 Å². The van der Waals surface area contributed by atoms with Gasteiger partial charge in [-0.3, -0.25) is 14.5 Å². The standard InChI is InChI=1S/C20H21F2N3O3/c21-20(22)28-17-9-5-4-8-16(17)19(27)25-12-10-24(11-13-25)14-18(26)23-15-6-2-1-3-7-15/h1-9,20H,10-14H2,(H,23,26). The highest BCUT2D eigenvalue weighted by atomic mass is 19.3. The van der Waals surface area contributed by atoms with Gasteiger partial charge < -0.3 is 15.0 Å². The van der Waals surface area contributed by atoms with Crippen molar-refractivity contribution in [2.75, 3.05) is 38.0 Å². The summed E-state index contributed by atoms with van der Waals surface area (Å²) in [5.74, 6) is -0.613. The first kappa shape index (κ1) is 19.8. The Balaban J connectivity index is 1.52. The summed E-state index contributed by atoms with van der Waals surface area (Å²) in [6.07, 6.45) is 0. The molecule has 0 atom stereocenters. The highest BCUT2D eigenvalue weighted by Gasteiger charge is 2.25. The van der Waals surface area contributed by atoms with E-state index < -0.39 is 6.61 Å². The van der Waals surface area contributed by atoms with Crippen LogP contribution in [0.1, 0.15) is 10.4 Å². The van der Waals surface area contributed by atoms with Gasteiger partial charge in [-0.1, -0.05) is 30.3 Å². The molecule has 3 rings (SSSR count). The number of halogens is 2. The Bertz CT molecular complexity index is 809. The normalized spacial score (nSPS) is 14.8. The van der Waals surface area contributed by atoms with E-state index in [2.05, 4.69) is 10.1 Å². The van der Waals surface area contributed by atoms with Crippen LogP contribution in [-0.2, 0) is 4.79 Å². The molecule has 0 bridgehead atoms. The quantitative estimate of drug-likeness (QED) is 0.825. The Kier molecular flexibility index (Phi) is 6.54. The minimum atomic E-state index is -2.99. The maximum Gasteiger partial charge on any atom is 0.387 e. The molecule has 0 spiro atoms. The Morgan fingerprint density at radius 2 is 1.61 bits per heavy atom. The van der Waals surface area contributed by atoms with Gasteiger partial charge in [0, 0.05) is 31.9 Å². The summed E-state index contributed by atoms with van der Waals surface area (Å²) in [5, 5.41) is 2.83. The molecule has 2 amide bonds. The SMILES string of the molecule is O=C(CN1CCN(C(=O)c2ccccc2OC(F)F)CC1)Nc1ccccc1. The summed E-state index contributed by atoms with van der Waals surface area (Å²) in [6.45, 7) is -0.922. The average Bonchev–Trinajstić information content (AvgIpc) is 2.69. The summed E-state index contributed by atoms with van der Waals surface area (Å²) in [6, 6.07) is 15.2. The average molecular weight is 389 g/mol. The van der Waals surface area contributed by atoms with Gasteiger partial charge in [-0.2, -0.15) is 8.78 Å². The van der Waals surface area contributed by atoms with Gasteiger partial charge in [-0.15, -0.1) is 0 Å². The van der Waals surface area contributed by atoms with Crippen molar-refractivity contribution in [1.82, 2.24) is 9.80 Å². The largest absolute Gasteiger partial charge is 0.434 e. The number of anilines is 1. The highest BCUT2D eigenvalue weighted by Crippen LogP contribution is 2.22. The predicted molar refractivity (Wildman–Crippen MR) is 100 cm³/mol. The van der Waals surface area contributed by atoms with Crippen LogP contribution in [0, 0.1) is 0 Å². The second kappa shape index (κ2) is 9.27. The van der Waals surface area contributed by atoms with Gasteiger partial charge >= 0.3 is 6.61 Å². The zero-order valence-electron chi connectivity index (χ0n) is 15.2. The summed E-state index contributed by atoms with van der Waals surface area (Å²) in [7, 11) is 0. The van der Waals surface area contributed by atoms with Crippen molar-refractivity contribution in [2.24, 2.45) is 0 Å². The zero-order chi connectivity index (χ0) is 19.9. The number of piperazine rings is 1. The molecule has 1 N–H and O–H groups in total. The third-order valence-electron chi connectivity index (χ3n) is 4.42. The number of carbonyl (C=O) groups is 2. The van der Waals surface area contributed by atoms with E-state index >= 15 is 0 Å². The number of hydrogen-bond acceptors (Lipinski definition) is 4. The molecule has 1 heterocycles. The molecule has 2 aromatic rings. The van der Waals surface area contributed by atoms with E-state index in [1.807, 2.05) is 35.2 Å². The molecule has 1 fully saturated rings. The van der Waals surface area contributed by atoms with Crippen molar-refractivity contribution < 1.29 is 23.1 Å². The van der Waals surface area contributed by atoms with Crippen LogP contribution in [0.4, 0.5) is 14.5 Å². The zero-order valence-corrected chi connectivity index (χ0v) is 15.2. The monoisotopic (exact) mass is 389 g/mol. The number of hydrogen-bond donors (Lipinski definition) is 1. The molecule has 0 aromatic heterocycles. The molecule has 1 saturated heterocycles. The topological polar surface area (TPSA) is 61.9 Å². The Morgan fingerprint density at radius 1 is 0.964 bits per heavy atom. The van der Waals surface area contributed by atoms with Crippen LogP contribution in [-0.4, -0.2) is 60.9 Å². The number of nitrogens with zero attached hydrogens (tertiary/aromatic N) is 2. The molecule has 2 aromatic carbocycles. The van der Waals surface area contributed by atoms with Crippen LogP contribution in [0.5, 0.6) is 5.75 Å². The number of nitrogens with one attached hydrogen (secondary N) is 1. The van der Waals surface area contributed by atoms with Crippen molar-refractivity contribution in [2.45, 2.75) is 6.61 Å². The van der Waals surface area contributed by atoms with E-state index in [-0.39, 0.29) is 29.7 Å². The Labute approximate surface area is 161 Å². The summed E-state index contributed by atoms with van der Waals surface area (Å²) in [4.78, 5) is 28.3. The second-order valence-corrected chi connectivity index (χ2v) is 6.36. The van der Waals surface area contributed by atoms with Gasteiger partial charge in [-0.05, 0) is 24.3 Å². The van der Waals surface area contributed by atoms with E-state index in [1.54, 1.807) is 11.0 Å². The van der Waals surface area contributed by atoms with Gasteiger partial charge in [0.25, 0.3) is 5.91 Å². The number of carbonyl (C=O) groups excluding carboxylic acids is 2. The number of benzene rings is 2. The van der Waals surface area contributed by atoms with Crippen LogP contribution in [0.15, 0.2) is 54.6 Å². The number of alkyl halides is 2. The Morgan fingerprint density at radius 3 is 2.29 bits per heavy atom. The molecule has 1 aliphatic heterocycles. The Hall–Kier alpha value is -3.00. The molecule has 0 aliphatic carbocycles.